The van der Waals surface area contributed by atoms with Gasteiger partial charge in [-0.05, 0) is 184 Å². The molecule has 0 N–H and O–H groups in total. The fourth-order valence-electron chi connectivity index (χ4n) is 17.5. The van der Waals surface area contributed by atoms with Crippen LogP contribution in [0.15, 0.2) is 303 Å². The van der Waals surface area contributed by atoms with Crippen LogP contribution in [0.1, 0.15) is 132 Å². The van der Waals surface area contributed by atoms with Crippen molar-refractivity contribution in [1.29, 1.82) is 0 Å². The number of fused-ring (bicyclic) bond motifs is 11. The summed E-state index contributed by atoms with van der Waals surface area (Å²) in [6.45, 7) is 35.3. The van der Waals surface area contributed by atoms with Gasteiger partial charge >= 0.3 is 0 Å². The van der Waals surface area contributed by atoms with Gasteiger partial charge in [0.15, 0.2) is 0 Å². The fraction of sp³-hybridized carbons (Fsp3) is 0.192. The molecule has 18 rings (SSSR count). The molecule has 4 heterocycles. The van der Waals surface area contributed by atoms with Gasteiger partial charge in [0.1, 0.15) is 0 Å². The Labute approximate surface area is 644 Å². The summed E-state index contributed by atoms with van der Waals surface area (Å²) in [5.74, 6) is 0. The van der Waals surface area contributed by atoms with Gasteiger partial charge in [0.25, 0.3) is 6.71 Å². The topological polar surface area (TPSA) is 16.3 Å². The summed E-state index contributed by atoms with van der Waals surface area (Å²) < 4.78 is 5.12. The van der Waals surface area contributed by atoms with Crippen molar-refractivity contribution in [1.82, 2.24) is 9.13 Å². The normalized spacial score (nSPS) is 13.2. The Morgan fingerprint density at radius 1 is 0.229 bits per heavy atom. The zero-order valence-electron chi connectivity index (χ0n) is 65.7. The highest BCUT2D eigenvalue weighted by molar-refractivity contribution is 7.00. The minimum absolute atomic E-state index is 0.105. The molecule has 0 fully saturated rings. The summed E-state index contributed by atoms with van der Waals surface area (Å²) in [5.41, 5.74) is 34.8. The first-order chi connectivity index (χ1) is 52.3. The van der Waals surface area contributed by atoms with E-state index in [-0.39, 0.29) is 33.8 Å². The van der Waals surface area contributed by atoms with Crippen LogP contribution < -0.4 is 26.2 Å². The maximum Gasteiger partial charge on any atom is 0.252 e. The molecular weight excluding hydrogens is 1320 g/mol. The van der Waals surface area contributed by atoms with E-state index in [4.69, 9.17) is 0 Å². The van der Waals surface area contributed by atoms with Gasteiger partial charge in [-0.3, -0.25) is 0 Å². The zero-order valence-corrected chi connectivity index (χ0v) is 65.7. The van der Waals surface area contributed by atoms with Crippen molar-refractivity contribution in [3.05, 3.63) is 331 Å². The smallest absolute Gasteiger partial charge is 0.252 e. The molecule has 0 spiro atoms. The van der Waals surface area contributed by atoms with Crippen LogP contribution in [0.2, 0.25) is 0 Å². The first-order valence-corrected chi connectivity index (χ1v) is 39.1. The van der Waals surface area contributed by atoms with E-state index < -0.39 is 0 Å². The zero-order chi connectivity index (χ0) is 75.4. The van der Waals surface area contributed by atoms with Crippen LogP contribution in [0.25, 0.3) is 111 Å². The molecule has 0 unspecified atom stereocenters. The van der Waals surface area contributed by atoms with Crippen LogP contribution in [0.3, 0.4) is 0 Å². The lowest BCUT2D eigenvalue weighted by atomic mass is 9.33. The Balaban J connectivity index is 1.05. The van der Waals surface area contributed by atoms with Crippen molar-refractivity contribution in [3.63, 3.8) is 0 Å². The summed E-state index contributed by atoms with van der Waals surface area (Å²) in [4.78, 5) is 5.50. The van der Waals surface area contributed by atoms with E-state index in [2.05, 4.69) is 426 Å². The summed E-state index contributed by atoms with van der Waals surface area (Å²) in [5, 5.41) is 4.85. The number of hydrogen-bond donors (Lipinski definition) is 0. The Bertz CT molecular complexity index is 6130. The average Bonchev–Trinajstić information content (AvgIpc) is 1.14. The second-order valence-corrected chi connectivity index (χ2v) is 35.8. The van der Waals surface area contributed by atoms with Crippen molar-refractivity contribution in [2.45, 2.75) is 131 Å². The number of hydrogen-bond acceptors (Lipinski definition) is 2. The number of nitrogens with zero attached hydrogens (tertiary/aromatic N) is 4. The third-order valence-corrected chi connectivity index (χ3v) is 23.4. The Kier molecular flexibility index (Phi) is 16.2. The molecule has 2 aliphatic heterocycles. The Morgan fingerprint density at radius 3 is 1.00 bits per heavy atom. The summed E-state index contributed by atoms with van der Waals surface area (Å²) in [7, 11) is 0. The molecule has 4 nitrogen and oxygen atoms in total. The molecule has 5 heteroatoms. The monoisotopic (exact) mass is 1410 g/mol. The van der Waals surface area contributed by atoms with Crippen molar-refractivity contribution < 1.29 is 0 Å². The van der Waals surface area contributed by atoms with Crippen molar-refractivity contribution >= 4 is 101 Å². The average molecular weight is 1410 g/mol. The van der Waals surface area contributed by atoms with Gasteiger partial charge in [-0.1, -0.05) is 328 Å². The largest absolute Gasteiger partial charge is 0.310 e. The SMILES string of the molecule is CC(C)(C)c1cc(-c2ccc3c(c2)B2c4ccc(-n5c6ccccc6c6ccc7c8ccccc8n(-c8ccccc8)c7c65)cc4N(c4c(-c5ccccc5)cc(C(C)(C)C)cc4-c4ccccc4)c4cc(C(C)(C)C)cc(c42)N3c2c(-c3ccccc3)cc(C(C)(C)C)cc2-c2ccccc2)cc(C(C)(C)C)c1. The highest BCUT2D eigenvalue weighted by atomic mass is 15.2. The number of benzene rings is 14. The van der Waals surface area contributed by atoms with E-state index in [0.717, 1.165) is 56.5 Å². The van der Waals surface area contributed by atoms with Crippen molar-refractivity contribution in [3.8, 4) is 67.0 Å². The fourth-order valence-corrected chi connectivity index (χ4v) is 17.5. The van der Waals surface area contributed by atoms with Gasteiger partial charge in [-0.15, -0.1) is 0 Å². The lowest BCUT2D eigenvalue weighted by molar-refractivity contribution is 0.569. The van der Waals surface area contributed by atoms with Crippen LogP contribution >= 0.6 is 0 Å². The molecule has 534 valence electrons. The highest BCUT2D eigenvalue weighted by Crippen LogP contribution is 2.56. The molecule has 0 atom stereocenters. The maximum atomic E-state index is 2.76. The van der Waals surface area contributed by atoms with E-state index >= 15 is 0 Å². The van der Waals surface area contributed by atoms with Gasteiger partial charge in [0, 0.05) is 77.9 Å². The predicted molar refractivity (Wildman–Crippen MR) is 470 cm³/mol. The van der Waals surface area contributed by atoms with E-state index in [1.54, 1.807) is 0 Å². The number of aromatic nitrogens is 2. The standard InChI is InChI=1S/C104H95BN4/c1-100(2,3)72-55-71(56-73(58-72)101(4,5)6)70-49-54-91-88(57-70)105-87-53-50-78(107-90-48-34-32-46-80(90)82-52-51-81-79-45-31-33-47-89(79)106(98(81)99(82)107)77-43-29-20-30-44-77)65-92(87)109(97-85(68-39-25-18-26-40-68)61-75(103(10,11)12)62-86(97)69-41-27-19-28-42-69)94-64-76(104(13,14)15)63-93(95(94)105)108(91)96-83(66-35-21-16-22-36-66)59-74(102(7,8)9)60-84(96)67-37-23-17-24-38-67/h16-65H,1-15H3. The second-order valence-electron chi connectivity index (χ2n) is 35.8. The van der Waals surface area contributed by atoms with E-state index in [0.29, 0.717) is 0 Å². The molecule has 0 radical (unpaired) electrons. The first kappa shape index (κ1) is 69.1. The molecule has 0 amide bonds. The summed E-state index contributed by atoms with van der Waals surface area (Å²) in [6, 6.07) is 117. The molecule has 0 bridgehead atoms. The molecule has 14 aromatic carbocycles. The van der Waals surface area contributed by atoms with Gasteiger partial charge in [-0.2, -0.15) is 0 Å². The number of para-hydroxylation sites is 3. The maximum absolute atomic E-state index is 2.76. The van der Waals surface area contributed by atoms with Crippen LogP contribution in [-0.2, 0) is 27.1 Å². The second kappa shape index (κ2) is 25.5. The molecule has 0 saturated heterocycles. The van der Waals surface area contributed by atoms with Crippen molar-refractivity contribution in [2.24, 2.45) is 0 Å². The third kappa shape index (κ3) is 11.6. The quantitative estimate of drug-likeness (QED) is 0.134. The molecular formula is C104H95BN4. The highest BCUT2D eigenvalue weighted by Gasteiger charge is 2.47. The number of rotatable bonds is 9. The number of anilines is 6. The van der Waals surface area contributed by atoms with E-state index in [9.17, 15) is 0 Å². The Hall–Kier alpha value is -11.7. The van der Waals surface area contributed by atoms with Gasteiger partial charge in [0.05, 0.1) is 33.4 Å². The third-order valence-electron chi connectivity index (χ3n) is 23.4. The molecule has 109 heavy (non-hydrogen) atoms. The van der Waals surface area contributed by atoms with Crippen LogP contribution in [0.5, 0.6) is 0 Å². The lowest BCUT2D eigenvalue weighted by Crippen LogP contribution is -2.61. The molecule has 2 aromatic heterocycles. The predicted octanol–water partition coefficient (Wildman–Crippen LogP) is 26.8. The van der Waals surface area contributed by atoms with Gasteiger partial charge in [-0.25, -0.2) is 0 Å². The first-order valence-electron chi connectivity index (χ1n) is 39.1. The van der Waals surface area contributed by atoms with Crippen molar-refractivity contribution in [2.75, 3.05) is 9.80 Å². The molecule has 0 saturated carbocycles. The van der Waals surface area contributed by atoms with E-state index in [1.807, 2.05) is 0 Å². The van der Waals surface area contributed by atoms with Crippen LogP contribution in [0, 0.1) is 0 Å². The Morgan fingerprint density at radius 2 is 0.587 bits per heavy atom. The van der Waals surface area contributed by atoms with Gasteiger partial charge < -0.3 is 18.9 Å². The van der Waals surface area contributed by atoms with Gasteiger partial charge in [0.2, 0.25) is 0 Å². The molecule has 2 aliphatic rings. The van der Waals surface area contributed by atoms with Crippen LogP contribution in [0.4, 0.5) is 34.1 Å². The van der Waals surface area contributed by atoms with E-state index in [1.165, 1.54) is 132 Å². The lowest BCUT2D eigenvalue weighted by Gasteiger charge is -2.47. The summed E-state index contributed by atoms with van der Waals surface area (Å²) in [6.07, 6.45) is 0. The van der Waals surface area contributed by atoms with Crippen LogP contribution in [-0.4, -0.2) is 15.8 Å². The molecule has 16 aromatic rings. The minimum Gasteiger partial charge on any atom is -0.310 e. The minimum atomic E-state index is -0.333. The molecule has 0 aliphatic carbocycles. The summed E-state index contributed by atoms with van der Waals surface area (Å²) >= 11 is 0.